The summed E-state index contributed by atoms with van der Waals surface area (Å²) in [5, 5.41) is 15.2. The number of urea groups is 1. The Morgan fingerprint density at radius 1 is 1.30 bits per heavy atom. The molecule has 0 spiro atoms. The Bertz CT molecular complexity index is 295. The number of likely N-dealkylation sites (tertiary alicyclic amines) is 1. The van der Waals surface area contributed by atoms with Crippen LogP contribution in [0.5, 0.6) is 0 Å². The van der Waals surface area contributed by atoms with Crippen LogP contribution in [0, 0.1) is 17.8 Å². The van der Waals surface area contributed by atoms with E-state index in [1.165, 1.54) is 0 Å². The highest BCUT2D eigenvalue weighted by Gasteiger charge is 2.23. The summed E-state index contributed by atoms with van der Waals surface area (Å²) in [6.45, 7) is 12.7. The van der Waals surface area contributed by atoms with E-state index in [-0.39, 0.29) is 11.9 Å². The van der Waals surface area contributed by atoms with Gasteiger partial charge in [-0.1, -0.05) is 27.7 Å². The predicted octanol–water partition coefficient (Wildman–Crippen LogP) is 1.28. The minimum absolute atomic E-state index is 0.162. The van der Waals surface area contributed by atoms with Gasteiger partial charge >= 0.3 is 6.03 Å². The van der Waals surface area contributed by atoms with Gasteiger partial charge in [-0.25, -0.2) is 4.79 Å². The Hall–Kier alpha value is -0.810. The van der Waals surface area contributed by atoms with Gasteiger partial charge in [0.2, 0.25) is 0 Å². The number of nitrogens with one attached hydrogen (secondary N) is 2. The van der Waals surface area contributed by atoms with Crippen molar-refractivity contribution in [2.75, 3.05) is 32.7 Å². The van der Waals surface area contributed by atoms with Crippen molar-refractivity contribution in [2.45, 2.75) is 40.2 Å². The van der Waals surface area contributed by atoms with Crippen molar-refractivity contribution in [3.05, 3.63) is 0 Å². The SMILES string of the molecule is CC(C)CN1CCC(CNC(=O)NCC(O)C(C)C)C1. The maximum Gasteiger partial charge on any atom is 0.314 e. The number of hydrogen-bond acceptors (Lipinski definition) is 3. The fourth-order valence-electron chi connectivity index (χ4n) is 2.49. The molecule has 5 nitrogen and oxygen atoms in total. The molecule has 118 valence electrons. The summed E-state index contributed by atoms with van der Waals surface area (Å²) >= 11 is 0. The van der Waals surface area contributed by atoms with E-state index < -0.39 is 6.10 Å². The number of aliphatic hydroxyl groups excluding tert-OH is 1. The fraction of sp³-hybridized carbons (Fsp3) is 0.933. The van der Waals surface area contributed by atoms with Crippen molar-refractivity contribution in [1.82, 2.24) is 15.5 Å². The molecule has 0 aromatic carbocycles. The fourth-order valence-corrected chi connectivity index (χ4v) is 2.49. The average Bonchev–Trinajstić information content (AvgIpc) is 2.79. The molecule has 2 unspecified atom stereocenters. The van der Waals surface area contributed by atoms with Crippen LogP contribution in [0.3, 0.4) is 0 Å². The zero-order chi connectivity index (χ0) is 15.1. The van der Waals surface area contributed by atoms with Crippen molar-refractivity contribution in [1.29, 1.82) is 0 Å². The normalized spacial score (nSPS) is 21.4. The summed E-state index contributed by atoms with van der Waals surface area (Å²) in [6, 6.07) is -0.174. The van der Waals surface area contributed by atoms with Crippen LogP contribution >= 0.6 is 0 Å². The Morgan fingerprint density at radius 2 is 2.00 bits per heavy atom. The molecule has 0 aliphatic carbocycles. The largest absolute Gasteiger partial charge is 0.391 e. The van der Waals surface area contributed by atoms with Crippen LogP contribution in [0.25, 0.3) is 0 Å². The summed E-state index contributed by atoms with van der Waals surface area (Å²) in [4.78, 5) is 14.1. The molecule has 20 heavy (non-hydrogen) atoms. The van der Waals surface area contributed by atoms with E-state index in [1.54, 1.807) is 0 Å². The van der Waals surface area contributed by atoms with E-state index in [0.29, 0.717) is 18.4 Å². The van der Waals surface area contributed by atoms with E-state index in [0.717, 1.165) is 32.6 Å². The second-order valence-electron chi connectivity index (χ2n) is 6.71. The van der Waals surface area contributed by atoms with Gasteiger partial charge in [-0.3, -0.25) is 0 Å². The van der Waals surface area contributed by atoms with E-state index in [9.17, 15) is 9.90 Å². The summed E-state index contributed by atoms with van der Waals surface area (Å²) in [6.07, 6.45) is 0.676. The first-order valence-electron chi connectivity index (χ1n) is 7.80. The lowest BCUT2D eigenvalue weighted by Crippen LogP contribution is -2.43. The van der Waals surface area contributed by atoms with Gasteiger partial charge in [-0.05, 0) is 30.7 Å². The average molecular weight is 285 g/mol. The highest BCUT2D eigenvalue weighted by atomic mass is 16.3. The first-order valence-corrected chi connectivity index (χ1v) is 7.80. The molecular weight excluding hydrogens is 254 g/mol. The summed E-state index contributed by atoms with van der Waals surface area (Å²) < 4.78 is 0. The van der Waals surface area contributed by atoms with E-state index >= 15 is 0 Å². The summed E-state index contributed by atoms with van der Waals surface area (Å²) in [7, 11) is 0. The molecule has 3 N–H and O–H groups in total. The first kappa shape index (κ1) is 17.2. The minimum Gasteiger partial charge on any atom is -0.391 e. The van der Waals surface area contributed by atoms with Gasteiger partial charge in [0, 0.05) is 26.2 Å². The second kappa shape index (κ2) is 8.47. The van der Waals surface area contributed by atoms with Crippen LogP contribution in [0.4, 0.5) is 4.79 Å². The van der Waals surface area contributed by atoms with E-state index in [4.69, 9.17) is 0 Å². The standard InChI is InChI=1S/C15H31N3O2/c1-11(2)9-18-6-5-13(10-18)7-16-15(20)17-8-14(19)12(3)4/h11-14,19H,5-10H2,1-4H3,(H2,16,17,20). The maximum absolute atomic E-state index is 11.6. The molecule has 1 rings (SSSR count). The number of nitrogens with zero attached hydrogens (tertiary/aromatic N) is 1. The van der Waals surface area contributed by atoms with Crippen LogP contribution in [-0.4, -0.2) is 54.9 Å². The van der Waals surface area contributed by atoms with Crippen LogP contribution < -0.4 is 10.6 Å². The zero-order valence-electron chi connectivity index (χ0n) is 13.4. The van der Waals surface area contributed by atoms with Gasteiger partial charge < -0.3 is 20.6 Å². The zero-order valence-corrected chi connectivity index (χ0v) is 13.4. The number of rotatable bonds is 7. The second-order valence-corrected chi connectivity index (χ2v) is 6.71. The van der Waals surface area contributed by atoms with Gasteiger partial charge in [-0.2, -0.15) is 0 Å². The van der Waals surface area contributed by atoms with Gasteiger partial charge in [-0.15, -0.1) is 0 Å². The molecule has 5 heteroatoms. The first-order chi connectivity index (χ1) is 9.38. The van der Waals surface area contributed by atoms with Gasteiger partial charge in [0.25, 0.3) is 0 Å². The predicted molar refractivity (Wildman–Crippen MR) is 81.6 cm³/mol. The van der Waals surface area contributed by atoms with E-state index in [2.05, 4.69) is 29.4 Å². The third kappa shape index (κ3) is 6.57. The molecule has 1 aliphatic heterocycles. The maximum atomic E-state index is 11.6. The van der Waals surface area contributed by atoms with Crippen molar-refractivity contribution >= 4 is 6.03 Å². The molecule has 1 aliphatic rings. The molecule has 1 heterocycles. The van der Waals surface area contributed by atoms with Crippen molar-refractivity contribution < 1.29 is 9.90 Å². The molecule has 1 fully saturated rings. The molecule has 2 atom stereocenters. The van der Waals surface area contributed by atoms with Crippen molar-refractivity contribution in [3.8, 4) is 0 Å². The van der Waals surface area contributed by atoms with Crippen LogP contribution in [0.1, 0.15) is 34.1 Å². The third-order valence-electron chi connectivity index (χ3n) is 3.79. The Kier molecular flexibility index (Phi) is 7.30. The minimum atomic E-state index is -0.478. The lowest BCUT2D eigenvalue weighted by molar-refractivity contribution is 0.125. The number of hydrogen-bond donors (Lipinski definition) is 3. The Morgan fingerprint density at radius 3 is 2.60 bits per heavy atom. The number of carbonyl (C=O) groups excluding carboxylic acids is 1. The molecule has 0 radical (unpaired) electrons. The Labute approximate surface area is 123 Å². The van der Waals surface area contributed by atoms with Gasteiger partial charge in [0.15, 0.2) is 0 Å². The molecule has 0 bridgehead atoms. The van der Waals surface area contributed by atoms with Gasteiger partial charge in [0.05, 0.1) is 6.10 Å². The molecular formula is C15H31N3O2. The highest BCUT2D eigenvalue weighted by Crippen LogP contribution is 2.16. The number of carbonyl (C=O) groups is 1. The Balaban J connectivity index is 2.13. The van der Waals surface area contributed by atoms with Crippen LogP contribution in [-0.2, 0) is 0 Å². The molecule has 0 aromatic heterocycles. The molecule has 0 aromatic rings. The molecule has 1 saturated heterocycles. The van der Waals surface area contributed by atoms with Crippen LogP contribution in [0.2, 0.25) is 0 Å². The molecule has 2 amide bonds. The smallest absolute Gasteiger partial charge is 0.314 e. The highest BCUT2D eigenvalue weighted by molar-refractivity contribution is 5.73. The quantitative estimate of drug-likeness (QED) is 0.660. The monoisotopic (exact) mass is 285 g/mol. The molecule has 0 saturated carbocycles. The summed E-state index contributed by atoms with van der Waals surface area (Å²) in [5.74, 6) is 1.41. The van der Waals surface area contributed by atoms with Crippen molar-refractivity contribution in [3.63, 3.8) is 0 Å². The van der Waals surface area contributed by atoms with Crippen molar-refractivity contribution in [2.24, 2.45) is 17.8 Å². The lowest BCUT2D eigenvalue weighted by Gasteiger charge is -2.19. The number of amides is 2. The topological polar surface area (TPSA) is 64.6 Å². The third-order valence-corrected chi connectivity index (χ3v) is 3.79. The van der Waals surface area contributed by atoms with Crippen LogP contribution in [0.15, 0.2) is 0 Å². The van der Waals surface area contributed by atoms with Gasteiger partial charge in [0.1, 0.15) is 0 Å². The number of aliphatic hydroxyl groups is 1. The lowest BCUT2D eigenvalue weighted by atomic mass is 10.1. The summed E-state index contributed by atoms with van der Waals surface area (Å²) in [5.41, 5.74) is 0. The van der Waals surface area contributed by atoms with E-state index in [1.807, 2.05) is 13.8 Å².